The molecule has 0 bridgehead atoms. The zero-order valence-corrected chi connectivity index (χ0v) is 15.9. The second kappa shape index (κ2) is 7.61. The first kappa shape index (κ1) is 21.4. The molecule has 2 heterocycles. The molecule has 9 heteroatoms. The Morgan fingerprint density at radius 2 is 2.00 bits per heavy atom. The first-order valence-electron chi connectivity index (χ1n) is 8.95. The summed E-state index contributed by atoms with van der Waals surface area (Å²) in [5, 5.41) is 1.86. The molecule has 2 rings (SSSR count). The predicted octanol–water partition coefficient (Wildman–Crippen LogP) is 2.33. The van der Waals surface area contributed by atoms with Crippen LogP contribution in [0.5, 0.6) is 0 Å². The Labute approximate surface area is 156 Å². The Hall–Kier alpha value is -1.90. The van der Waals surface area contributed by atoms with E-state index in [4.69, 9.17) is 4.74 Å². The molecule has 0 unspecified atom stereocenters. The molecule has 2 amide bonds. The molecule has 2 aliphatic heterocycles. The van der Waals surface area contributed by atoms with E-state index in [-0.39, 0.29) is 24.6 Å². The van der Waals surface area contributed by atoms with Crippen LogP contribution >= 0.6 is 0 Å². The lowest BCUT2D eigenvalue weighted by atomic mass is 9.86. The van der Waals surface area contributed by atoms with Gasteiger partial charge in [0.2, 0.25) is 11.4 Å². The van der Waals surface area contributed by atoms with Gasteiger partial charge in [-0.1, -0.05) is 13.8 Å². The molecule has 0 saturated carbocycles. The van der Waals surface area contributed by atoms with Gasteiger partial charge in [-0.15, -0.1) is 0 Å². The zero-order valence-electron chi connectivity index (χ0n) is 15.9. The van der Waals surface area contributed by atoms with E-state index in [2.05, 4.69) is 0 Å². The molecule has 27 heavy (non-hydrogen) atoms. The van der Waals surface area contributed by atoms with Crippen LogP contribution in [0.1, 0.15) is 47.0 Å². The van der Waals surface area contributed by atoms with Crippen LogP contribution in [0, 0.1) is 5.92 Å². The lowest BCUT2D eigenvalue weighted by Crippen LogP contribution is -2.66. The number of hydrogen-bond acceptors (Lipinski definition) is 4. The quantitative estimate of drug-likeness (QED) is 0.755. The summed E-state index contributed by atoms with van der Waals surface area (Å²) < 4.78 is 47.9. The van der Waals surface area contributed by atoms with Crippen molar-refractivity contribution in [3.8, 4) is 0 Å². The second-order valence-corrected chi connectivity index (χ2v) is 7.46. The SMILES string of the molecule is CC(=O)C1=C(C)N(C[C@H]2CCCO2)C(=O)[C@@]1(NC(=O)CC(C)C)C(F)(F)F. The van der Waals surface area contributed by atoms with Gasteiger partial charge in [-0.05, 0) is 32.6 Å². The van der Waals surface area contributed by atoms with E-state index in [1.807, 2.05) is 5.32 Å². The van der Waals surface area contributed by atoms with Crippen LogP contribution in [0.2, 0.25) is 0 Å². The van der Waals surface area contributed by atoms with E-state index in [0.29, 0.717) is 13.0 Å². The van der Waals surface area contributed by atoms with Crippen molar-refractivity contribution in [1.29, 1.82) is 0 Å². The fourth-order valence-corrected chi connectivity index (χ4v) is 3.68. The molecule has 1 saturated heterocycles. The Morgan fingerprint density at radius 3 is 2.44 bits per heavy atom. The van der Waals surface area contributed by atoms with Gasteiger partial charge in [-0.2, -0.15) is 13.2 Å². The van der Waals surface area contributed by atoms with Gasteiger partial charge in [0.05, 0.1) is 18.2 Å². The molecular formula is C18H25F3N2O4. The van der Waals surface area contributed by atoms with Crippen LogP contribution in [0.3, 0.4) is 0 Å². The van der Waals surface area contributed by atoms with Gasteiger partial charge in [0.25, 0.3) is 5.91 Å². The number of carbonyl (C=O) groups is 3. The summed E-state index contributed by atoms with van der Waals surface area (Å²) in [5.41, 5.74) is -4.17. The first-order valence-corrected chi connectivity index (χ1v) is 8.95. The molecule has 0 aromatic carbocycles. The third-order valence-corrected chi connectivity index (χ3v) is 4.82. The van der Waals surface area contributed by atoms with E-state index in [1.165, 1.54) is 6.92 Å². The molecule has 152 valence electrons. The lowest BCUT2D eigenvalue weighted by molar-refractivity contribution is -0.195. The molecule has 2 atom stereocenters. The van der Waals surface area contributed by atoms with Crippen LogP contribution in [-0.4, -0.2) is 53.5 Å². The highest BCUT2D eigenvalue weighted by molar-refractivity contribution is 6.12. The summed E-state index contributed by atoms with van der Waals surface area (Å²) in [5.74, 6) is -3.40. The van der Waals surface area contributed by atoms with E-state index in [1.54, 1.807) is 13.8 Å². The van der Waals surface area contributed by atoms with Crippen molar-refractivity contribution in [2.24, 2.45) is 5.92 Å². The first-order chi connectivity index (χ1) is 12.4. The van der Waals surface area contributed by atoms with Crippen LogP contribution in [-0.2, 0) is 19.1 Å². The third kappa shape index (κ3) is 3.88. The smallest absolute Gasteiger partial charge is 0.376 e. The number of Topliss-reactive ketones (excluding diaryl/α,β-unsaturated/α-hetero) is 1. The minimum absolute atomic E-state index is 0.0840. The summed E-state index contributed by atoms with van der Waals surface area (Å²) in [6.45, 7) is 6.01. The number of amides is 2. The average molecular weight is 390 g/mol. The monoisotopic (exact) mass is 390 g/mol. The number of nitrogens with zero attached hydrogens (tertiary/aromatic N) is 1. The molecule has 0 radical (unpaired) electrons. The number of halogens is 3. The fraction of sp³-hybridized carbons (Fsp3) is 0.722. The zero-order chi connectivity index (χ0) is 20.6. The standard InChI is InChI=1S/C18H25F3N2O4/c1-10(2)8-14(25)22-17(18(19,20)21)15(12(4)24)11(3)23(16(17)26)9-13-6-5-7-27-13/h10,13H,5-9H2,1-4H3,(H,22,25)/t13-,17-/m1/s1. The summed E-state index contributed by atoms with van der Waals surface area (Å²) in [6, 6.07) is 0. The number of alkyl halides is 3. The van der Waals surface area contributed by atoms with Crippen LogP contribution in [0.4, 0.5) is 13.2 Å². The van der Waals surface area contributed by atoms with Gasteiger partial charge in [-0.25, -0.2) is 0 Å². The number of ketones is 1. The average Bonchev–Trinajstić information content (AvgIpc) is 3.07. The Morgan fingerprint density at radius 1 is 1.37 bits per heavy atom. The number of rotatable bonds is 6. The van der Waals surface area contributed by atoms with Crippen molar-refractivity contribution in [2.75, 3.05) is 13.2 Å². The fourth-order valence-electron chi connectivity index (χ4n) is 3.68. The maximum Gasteiger partial charge on any atom is 0.425 e. The van der Waals surface area contributed by atoms with E-state index < -0.39 is 41.0 Å². The minimum Gasteiger partial charge on any atom is -0.376 e. The summed E-state index contributed by atoms with van der Waals surface area (Å²) in [6.07, 6.45) is -4.38. The largest absolute Gasteiger partial charge is 0.425 e. The van der Waals surface area contributed by atoms with Crippen molar-refractivity contribution in [3.63, 3.8) is 0 Å². The molecule has 1 N–H and O–H groups in total. The highest BCUT2D eigenvalue weighted by atomic mass is 19.4. The van der Waals surface area contributed by atoms with Crippen LogP contribution in [0.15, 0.2) is 11.3 Å². The van der Waals surface area contributed by atoms with E-state index >= 15 is 0 Å². The second-order valence-electron chi connectivity index (χ2n) is 7.46. The number of carbonyl (C=O) groups excluding carboxylic acids is 3. The lowest BCUT2D eigenvalue weighted by Gasteiger charge is -2.33. The number of allylic oxidation sites excluding steroid dienone is 1. The van der Waals surface area contributed by atoms with Gasteiger partial charge < -0.3 is 15.0 Å². The van der Waals surface area contributed by atoms with Gasteiger partial charge in [0, 0.05) is 18.7 Å². The molecule has 0 aromatic heterocycles. The van der Waals surface area contributed by atoms with Gasteiger partial charge >= 0.3 is 6.18 Å². The third-order valence-electron chi connectivity index (χ3n) is 4.82. The molecule has 0 aliphatic carbocycles. The summed E-state index contributed by atoms with van der Waals surface area (Å²) >= 11 is 0. The Bertz CT molecular complexity index is 666. The summed E-state index contributed by atoms with van der Waals surface area (Å²) in [4.78, 5) is 38.2. The number of hydrogen-bond donors (Lipinski definition) is 1. The molecule has 0 spiro atoms. The maximum atomic E-state index is 14.2. The topological polar surface area (TPSA) is 75.7 Å². The van der Waals surface area contributed by atoms with E-state index in [0.717, 1.165) is 18.2 Å². The maximum absolute atomic E-state index is 14.2. The molecule has 2 aliphatic rings. The number of nitrogens with one attached hydrogen (secondary N) is 1. The molecular weight excluding hydrogens is 365 g/mol. The van der Waals surface area contributed by atoms with Crippen molar-refractivity contribution >= 4 is 17.6 Å². The minimum atomic E-state index is -5.16. The normalized spacial score (nSPS) is 26.3. The van der Waals surface area contributed by atoms with Crippen LogP contribution < -0.4 is 5.32 Å². The van der Waals surface area contributed by atoms with Crippen molar-refractivity contribution in [3.05, 3.63) is 11.3 Å². The molecule has 0 aromatic rings. The van der Waals surface area contributed by atoms with Gasteiger partial charge in [0.1, 0.15) is 0 Å². The molecule has 6 nitrogen and oxygen atoms in total. The summed E-state index contributed by atoms with van der Waals surface area (Å²) in [7, 11) is 0. The highest BCUT2D eigenvalue weighted by Crippen LogP contribution is 2.45. The van der Waals surface area contributed by atoms with Crippen molar-refractivity contribution < 1.29 is 32.3 Å². The Balaban J connectivity index is 2.50. The highest BCUT2D eigenvalue weighted by Gasteiger charge is 2.69. The van der Waals surface area contributed by atoms with Crippen molar-refractivity contribution in [2.45, 2.75) is 64.8 Å². The number of ether oxygens (including phenoxy) is 1. The molecule has 1 fully saturated rings. The van der Waals surface area contributed by atoms with Crippen LogP contribution in [0.25, 0.3) is 0 Å². The van der Waals surface area contributed by atoms with Gasteiger partial charge in [0.15, 0.2) is 5.78 Å². The van der Waals surface area contributed by atoms with E-state index in [9.17, 15) is 27.6 Å². The Kier molecular flexibility index (Phi) is 6.03. The van der Waals surface area contributed by atoms with Gasteiger partial charge in [-0.3, -0.25) is 14.4 Å². The van der Waals surface area contributed by atoms with Crippen molar-refractivity contribution in [1.82, 2.24) is 10.2 Å². The predicted molar refractivity (Wildman–Crippen MR) is 90.5 cm³/mol.